The molecule has 4 atom stereocenters. The third kappa shape index (κ3) is 4.44. The predicted molar refractivity (Wildman–Crippen MR) is 139 cm³/mol. The smallest absolute Gasteiger partial charge is 0.327 e. The molecule has 2 aromatic carbocycles. The average molecular weight is 510 g/mol. The highest BCUT2D eigenvalue weighted by Crippen LogP contribution is 2.35. The molecule has 9 nitrogen and oxygen atoms in total. The summed E-state index contributed by atoms with van der Waals surface area (Å²) in [7, 11) is 4.82. The molecule has 4 amide bonds. The van der Waals surface area contributed by atoms with Crippen LogP contribution in [0.15, 0.2) is 48.5 Å². The number of carbonyl (C=O) groups is 3. The van der Waals surface area contributed by atoms with Gasteiger partial charge >= 0.3 is 6.03 Å². The molecule has 2 N–H and O–H groups in total. The lowest BCUT2D eigenvalue weighted by Gasteiger charge is -2.50. The van der Waals surface area contributed by atoms with Gasteiger partial charge in [0, 0.05) is 26.3 Å². The van der Waals surface area contributed by atoms with Gasteiger partial charge in [-0.05, 0) is 42.2 Å². The quantitative estimate of drug-likeness (QED) is 0.639. The van der Waals surface area contributed by atoms with Crippen molar-refractivity contribution in [2.75, 3.05) is 38.4 Å². The van der Waals surface area contributed by atoms with E-state index in [0.717, 1.165) is 34.7 Å². The number of nitrogens with one attached hydrogen (secondary N) is 2. The zero-order chi connectivity index (χ0) is 25.4. The third-order valence-corrected chi connectivity index (χ3v) is 8.41. The average Bonchev–Trinajstić information content (AvgIpc) is 2.92. The summed E-state index contributed by atoms with van der Waals surface area (Å²) in [6.45, 7) is 0.690. The van der Waals surface area contributed by atoms with Crippen molar-refractivity contribution in [2.45, 2.75) is 30.5 Å². The van der Waals surface area contributed by atoms with Crippen LogP contribution in [0.3, 0.4) is 0 Å². The number of ether oxygens (including phenoxy) is 1. The van der Waals surface area contributed by atoms with Crippen LogP contribution in [-0.4, -0.2) is 72.7 Å². The maximum absolute atomic E-state index is 13.3. The van der Waals surface area contributed by atoms with E-state index in [4.69, 9.17) is 4.74 Å². The van der Waals surface area contributed by atoms with Crippen LogP contribution in [0.4, 0.5) is 10.5 Å². The third-order valence-electron chi connectivity index (χ3n) is 7.20. The standard InChI is InChI=1S/C26H31N5O4S/c1-29-23-21(25(33)30(2)26(29)34)24(28-22(27-23)17-10-12-18(35-3)13-11-17)36-15-20(32)31-14-6-8-16-7-4-5-9-19(16)31/h4-5,7,9-13,21-24,27-28H,6,8,14-15H2,1-3H3. The fraction of sp³-hybridized carbons (Fsp3) is 0.423. The maximum Gasteiger partial charge on any atom is 0.327 e. The largest absolute Gasteiger partial charge is 0.497 e. The van der Waals surface area contributed by atoms with Crippen LogP contribution in [0, 0.1) is 5.92 Å². The van der Waals surface area contributed by atoms with Gasteiger partial charge in [0.2, 0.25) is 11.8 Å². The number of imide groups is 1. The van der Waals surface area contributed by atoms with Gasteiger partial charge in [-0.2, -0.15) is 0 Å². The SMILES string of the molecule is COc1ccc(C2NC(SCC(=O)N3CCCc4ccccc43)C3C(=O)N(C)C(=O)N(C)C3N2)cc1. The van der Waals surface area contributed by atoms with Gasteiger partial charge in [0.1, 0.15) is 5.75 Å². The molecule has 0 saturated carbocycles. The number of hydrogen-bond acceptors (Lipinski definition) is 7. The van der Waals surface area contributed by atoms with Crippen LogP contribution in [0.25, 0.3) is 0 Å². The first-order chi connectivity index (χ1) is 17.4. The van der Waals surface area contributed by atoms with Gasteiger partial charge in [0.05, 0.1) is 36.5 Å². The number of aryl methyl sites for hydroxylation is 1. The highest BCUT2D eigenvalue weighted by molar-refractivity contribution is 8.00. The Morgan fingerprint density at radius 2 is 1.83 bits per heavy atom. The molecule has 0 radical (unpaired) electrons. The van der Waals surface area contributed by atoms with E-state index in [-0.39, 0.29) is 35.1 Å². The summed E-state index contributed by atoms with van der Waals surface area (Å²) in [6.07, 6.45) is 1.08. The number of anilines is 1. The second-order valence-corrected chi connectivity index (χ2v) is 10.4. The molecule has 0 bridgehead atoms. The predicted octanol–water partition coefficient (Wildman–Crippen LogP) is 2.39. The number of thioether (sulfide) groups is 1. The van der Waals surface area contributed by atoms with Crippen LogP contribution in [-0.2, 0) is 16.0 Å². The van der Waals surface area contributed by atoms with E-state index < -0.39 is 12.1 Å². The van der Waals surface area contributed by atoms with Gasteiger partial charge < -0.3 is 14.5 Å². The van der Waals surface area contributed by atoms with Crippen molar-refractivity contribution in [1.29, 1.82) is 0 Å². The Morgan fingerprint density at radius 1 is 1.08 bits per heavy atom. The topological polar surface area (TPSA) is 94.2 Å². The van der Waals surface area contributed by atoms with Crippen LogP contribution in [0.2, 0.25) is 0 Å². The molecule has 4 unspecified atom stereocenters. The van der Waals surface area contributed by atoms with E-state index in [1.807, 2.05) is 47.4 Å². The van der Waals surface area contributed by atoms with Crippen LogP contribution in [0.1, 0.15) is 23.7 Å². The molecule has 0 aliphatic carbocycles. The number of para-hydroxylation sites is 1. The molecule has 36 heavy (non-hydrogen) atoms. The van der Waals surface area contributed by atoms with Crippen LogP contribution in [0.5, 0.6) is 5.75 Å². The summed E-state index contributed by atoms with van der Waals surface area (Å²) in [4.78, 5) is 43.9. The van der Waals surface area contributed by atoms with Crippen molar-refractivity contribution < 1.29 is 19.1 Å². The molecule has 3 heterocycles. The number of fused-ring (bicyclic) bond motifs is 2. The summed E-state index contributed by atoms with van der Waals surface area (Å²) in [5.74, 6) is 0.181. The highest BCUT2D eigenvalue weighted by Gasteiger charge is 2.51. The number of nitrogens with zero attached hydrogens (tertiary/aromatic N) is 3. The van der Waals surface area contributed by atoms with Crippen molar-refractivity contribution in [2.24, 2.45) is 5.92 Å². The zero-order valence-electron chi connectivity index (χ0n) is 20.6. The summed E-state index contributed by atoms with van der Waals surface area (Å²) >= 11 is 1.42. The number of methoxy groups -OCH3 is 1. The fourth-order valence-electron chi connectivity index (χ4n) is 5.22. The Hall–Kier alpha value is -3.08. The summed E-state index contributed by atoms with van der Waals surface area (Å²) in [5.41, 5.74) is 3.11. The van der Waals surface area contributed by atoms with Crippen molar-refractivity contribution in [1.82, 2.24) is 20.4 Å². The second-order valence-electron chi connectivity index (χ2n) is 9.31. The minimum Gasteiger partial charge on any atom is -0.497 e. The lowest BCUT2D eigenvalue weighted by molar-refractivity contribution is -0.140. The highest BCUT2D eigenvalue weighted by atomic mass is 32.2. The Kier molecular flexibility index (Phi) is 6.92. The number of hydrogen-bond donors (Lipinski definition) is 2. The summed E-state index contributed by atoms with van der Waals surface area (Å²) < 4.78 is 5.28. The molecule has 5 rings (SSSR count). The minimum atomic E-state index is -0.543. The molecular formula is C26H31N5O4S. The molecule has 2 saturated heterocycles. The lowest BCUT2D eigenvalue weighted by atomic mass is 9.96. The lowest BCUT2D eigenvalue weighted by Crippen LogP contribution is -2.72. The van der Waals surface area contributed by atoms with Gasteiger partial charge in [-0.25, -0.2) is 4.79 Å². The Labute approximate surface area is 215 Å². The molecule has 10 heteroatoms. The summed E-state index contributed by atoms with van der Waals surface area (Å²) in [6, 6.07) is 15.3. The van der Waals surface area contributed by atoms with E-state index in [1.165, 1.54) is 24.4 Å². The maximum atomic E-state index is 13.3. The first-order valence-corrected chi connectivity index (χ1v) is 13.1. The first kappa shape index (κ1) is 24.6. The van der Waals surface area contributed by atoms with Crippen LogP contribution >= 0.6 is 11.8 Å². The van der Waals surface area contributed by atoms with Gasteiger partial charge in [0.25, 0.3) is 0 Å². The van der Waals surface area contributed by atoms with E-state index in [1.54, 1.807) is 19.1 Å². The molecule has 2 aromatic rings. The van der Waals surface area contributed by atoms with Crippen LogP contribution < -0.4 is 20.3 Å². The molecule has 190 valence electrons. The number of benzene rings is 2. The Bertz CT molecular complexity index is 1160. The fourth-order valence-corrected chi connectivity index (χ4v) is 6.40. The Morgan fingerprint density at radius 3 is 2.58 bits per heavy atom. The van der Waals surface area contributed by atoms with E-state index in [2.05, 4.69) is 16.7 Å². The normalized spacial score (nSPS) is 25.9. The van der Waals surface area contributed by atoms with E-state index in [9.17, 15) is 14.4 Å². The number of amides is 4. The number of rotatable bonds is 5. The number of carbonyl (C=O) groups excluding carboxylic acids is 3. The molecular weight excluding hydrogens is 478 g/mol. The Balaban J connectivity index is 1.38. The molecule has 3 aliphatic rings. The molecule has 2 fully saturated rings. The molecule has 0 aromatic heterocycles. The molecule has 3 aliphatic heterocycles. The van der Waals surface area contributed by atoms with Gasteiger partial charge in [-0.3, -0.25) is 25.1 Å². The van der Waals surface area contributed by atoms with Gasteiger partial charge in [-0.1, -0.05) is 30.3 Å². The van der Waals surface area contributed by atoms with E-state index in [0.29, 0.717) is 6.54 Å². The minimum absolute atomic E-state index is 0.0195. The van der Waals surface area contributed by atoms with Crippen molar-refractivity contribution in [3.63, 3.8) is 0 Å². The molecule has 0 spiro atoms. The first-order valence-electron chi connectivity index (χ1n) is 12.1. The van der Waals surface area contributed by atoms with Gasteiger partial charge in [-0.15, -0.1) is 11.8 Å². The summed E-state index contributed by atoms with van der Waals surface area (Å²) in [5, 5.41) is 6.58. The zero-order valence-corrected chi connectivity index (χ0v) is 21.5. The monoisotopic (exact) mass is 509 g/mol. The number of urea groups is 1. The van der Waals surface area contributed by atoms with Crippen molar-refractivity contribution in [3.05, 3.63) is 59.7 Å². The van der Waals surface area contributed by atoms with E-state index >= 15 is 0 Å². The van der Waals surface area contributed by atoms with Crippen molar-refractivity contribution >= 4 is 35.3 Å². The second kappa shape index (κ2) is 10.1. The van der Waals surface area contributed by atoms with Gasteiger partial charge in [0.15, 0.2) is 0 Å². The van der Waals surface area contributed by atoms with Crippen molar-refractivity contribution in [3.8, 4) is 5.75 Å².